The van der Waals surface area contributed by atoms with Crippen molar-refractivity contribution in [1.82, 2.24) is 19.5 Å². The molecule has 0 spiro atoms. The van der Waals surface area contributed by atoms with E-state index in [4.69, 9.17) is 30.6 Å². The molecule has 11 aromatic rings. The second kappa shape index (κ2) is 10.7. The highest BCUT2D eigenvalue weighted by Crippen LogP contribution is 2.42. The lowest BCUT2D eigenvalue weighted by atomic mass is 10.0. The Bertz CT molecular complexity index is 3380. The molecule has 0 atom stereocenters. The molecule has 7 aromatic carbocycles. The van der Waals surface area contributed by atoms with Gasteiger partial charge in [-0.15, -0.1) is 0 Å². The molecule has 0 aliphatic rings. The summed E-state index contributed by atoms with van der Waals surface area (Å²) in [5.41, 5.74) is 6.56. The normalized spacial score (nSPS) is 13.3. The Morgan fingerprint density at radius 2 is 1.02 bits per heavy atom. The number of benzene rings is 7. The zero-order chi connectivity index (χ0) is 37.8. The highest BCUT2D eigenvalue weighted by molar-refractivity contribution is 6.16. The maximum atomic E-state index is 8.84. The molecule has 0 fully saturated rings. The monoisotopic (exact) mass is 659 g/mol. The number of hydrogen-bond donors (Lipinski definition) is 0. The minimum Gasteiger partial charge on any atom is -0.455 e. The summed E-state index contributed by atoms with van der Waals surface area (Å²) < 4.78 is 58.1. The molecule has 0 bridgehead atoms. The van der Waals surface area contributed by atoms with Gasteiger partial charge in [0.1, 0.15) is 16.7 Å². The molecule has 0 unspecified atom stereocenters. The maximum absolute atomic E-state index is 8.84. The molecule has 0 radical (unpaired) electrons. The van der Waals surface area contributed by atoms with Crippen LogP contribution in [-0.4, -0.2) is 19.5 Å². The van der Waals surface area contributed by atoms with Crippen LogP contribution in [0.3, 0.4) is 0 Å². The third kappa shape index (κ3) is 4.14. The highest BCUT2D eigenvalue weighted by Gasteiger charge is 2.22. The Labute approximate surface area is 297 Å². The third-order valence-corrected chi connectivity index (χ3v) is 9.57. The summed E-state index contributed by atoms with van der Waals surface area (Å²) in [7, 11) is 0. The van der Waals surface area contributed by atoms with E-state index in [1.807, 2.05) is 97.1 Å². The number of hydrogen-bond acceptors (Lipinski definition) is 5. The van der Waals surface area contributed by atoms with Gasteiger partial charge in [0, 0.05) is 43.4 Å². The summed E-state index contributed by atoms with van der Waals surface area (Å²) in [5.74, 6) is 0.392. The van der Waals surface area contributed by atoms with Crippen LogP contribution >= 0.6 is 0 Å². The Hall–Kier alpha value is -7.05. The molecule has 0 aliphatic carbocycles. The van der Waals surface area contributed by atoms with Crippen LogP contribution in [0.25, 0.3) is 106 Å². The second-order valence-corrected chi connectivity index (χ2v) is 12.4. The Balaban J connectivity index is 1.21. The first kappa shape index (κ1) is 23.3. The van der Waals surface area contributed by atoms with E-state index < -0.39 is 30.2 Å². The predicted octanol–water partition coefficient (Wildman–Crippen LogP) is 11.8. The van der Waals surface area contributed by atoms with Gasteiger partial charge in [0.15, 0.2) is 23.1 Å². The molecule has 51 heavy (non-hydrogen) atoms. The fourth-order valence-corrected chi connectivity index (χ4v) is 7.39. The quantitative estimate of drug-likeness (QED) is 0.188. The van der Waals surface area contributed by atoms with Crippen LogP contribution in [0.4, 0.5) is 0 Å². The zero-order valence-corrected chi connectivity index (χ0v) is 26.7. The lowest BCUT2D eigenvalue weighted by Crippen LogP contribution is -2.00. The van der Waals surface area contributed by atoms with Crippen LogP contribution in [-0.2, 0) is 0 Å². The first-order valence-corrected chi connectivity index (χ1v) is 16.5. The lowest BCUT2D eigenvalue weighted by Gasteiger charge is -2.10. The minimum atomic E-state index is -0.501. The van der Waals surface area contributed by atoms with Gasteiger partial charge < -0.3 is 13.4 Å². The summed E-state index contributed by atoms with van der Waals surface area (Å²) in [6, 6.07) is 39.5. The van der Waals surface area contributed by atoms with Gasteiger partial charge in [-0.2, -0.15) is 0 Å². The van der Waals surface area contributed by atoms with Gasteiger partial charge in [-0.1, -0.05) is 121 Å². The fourth-order valence-electron chi connectivity index (χ4n) is 7.39. The molecular formula is C45H26N4O2. The first-order valence-electron chi connectivity index (χ1n) is 19.0. The minimum absolute atomic E-state index is 0.0640. The molecule has 6 nitrogen and oxygen atoms in total. The van der Waals surface area contributed by atoms with Crippen molar-refractivity contribution in [3.63, 3.8) is 0 Å². The van der Waals surface area contributed by atoms with Crippen molar-refractivity contribution in [3.05, 3.63) is 158 Å². The number of furan rings is 2. The van der Waals surface area contributed by atoms with Gasteiger partial charge in [0.05, 0.1) is 29.1 Å². The fraction of sp³-hybridized carbons (Fsp3) is 0. The van der Waals surface area contributed by atoms with Gasteiger partial charge >= 0.3 is 0 Å². The van der Waals surface area contributed by atoms with Crippen molar-refractivity contribution < 1.29 is 15.7 Å². The Morgan fingerprint density at radius 3 is 1.82 bits per heavy atom. The van der Waals surface area contributed by atoms with Gasteiger partial charge in [0.2, 0.25) is 0 Å². The summed E-state index contributed by atoms with van der Waals surface area (Å²) in [5, 5.41) is 5.66. The van der Waals surface area contributed by atoms with Gasteiger partial charge in [0.25, 0.3) is 0 Å². The average molecular weight is 660 g/mol. The molecule has 0 saturated carbocycles. The van der Waals surface area contributed by atoms with Crippen LogP contribution in [0.5, 0.6) is 0 Å². The van der Waals surface area contributed by atoms with E-state index in [9.17, 15) is 0 Å². The van der Waals surface area contributed by atoms with Gasteiger partial charge in [-0.05, 0) is 36.4 Å². The van der Waals surface area contributed by atoms with Crippen molar-refractivity contribution >= 4 is 65.7 Å². The molecule has 0 saturated heterocycles. The largest absolute Gasteiger partial charge is 0.455 e. The lowest BCUT2D eigenvalue weighted by molar-refractivity contribution is 0.666. The SMILES string of the molecule is [2H]c1c([2H])c([2H])c(-c2nc(-c3cccc4c3oc3ccccc34)nc(-c3cccc4oc5c(-n6c7ccccc7c7ccccc76)cccc5c34)n2)c([2H])c1[2H]. The Kier molecular flexibility index (Phi) is 4.91. The maximum Gasteiger partial charge on any atom is 0.167 e. The summed E-state index contributed by atoms with van der Waals surface area (Å²) in [6.45, 7) is 0. The van der Waals surface area contributed by atoms with E-state index in [-0.39, 0.29) is 23.0 Å². The molecule has 0 aliphatic heterocycles. The van der Waals surface area contributed by atoms with E-state index in [2.05, 4.69) is 34.9 Å². The standard InChI is InChI=1S/C45H26N4O2/c1-2-13-27(14-3-1)43-46-44(48-45(47-43)34-21-10-18-31-30-17-6-9-25-38(30)50-41(31)34)33-20-12-26-39-40(33)32-19-11-24-37(42(32)51-39)49-35-22-7-4-15-28(35)29-16-5-8-23-36(29)49/h1-26H/i1D,2D,3D,13D,14D. The van der Waals surface area contributed by atoms with Crippen LogP contribution < -0.4 is 0 Å². The number of nitrogens with zero attached hydrogens (tertiary/aromatic N) is 4. The van der Waals surface area contributed by atoms with E-state index in [0.29, 0.717) is 33.5 Å². The van der Waals surface area contributed by atoms with Crippen LogP contribution in [0, 0.1) is 0 Å². The van der Waals surface area contributed by atoms with Crippen LogP contribution in [0.2, 0.25) is 0 Å². The molecule has 6 heteroatoms. The smallest absolute Gasteiger partial charge is 0.167 e. The predicted molar refractivity (Wildman–Crippen MR) is 205 cm³/mol. The number of aromatic nitrogens is 4. The van der Waals surface area contributed by atoms with E-state index in [1.54, 1.807) is 0 Å². The van der Waals surface area contributed by atoms with Crippen molar-refractivity contribution in [2.24, 2.45) is 0 Å². The van der Waals surface area contributed by atoms with Crippen molar-refractivity contribution in [2.45, 2.75) is 0 Å². The molecule has 0 amide bonds. The average Bonchev–Trinajstić information content (AvgIpc) is 3.92. The van der Waals surface area contributed by atoms with Crippen molar-refractivity contribution in [3.8, 4) is 39.9 Å². The van der Waals surface area contributed by atoms with Crippen molar-refractivity contribution in [2.75, 3.05) is 0 Å². The number of fused-ring (bicyclic) bond motifs is 9. The molecule has 11 rings (SSSR count). The van der Waals surface area contributed by atoms with E-state index >= 15 is 0 Å². The third-order valence-electron chi connectivity index (χ3n) is 9.57. The molecule has 4 heterocycles. The molecular weight excluding hydrogens is 629 g/mol. The summed E-state index contributed by atoms with van der Waals surface area (Å²) in [4.78, 5) is 14.7. The summed E-state index contributed by atoms with van der Waals surface area (Å²) >= 11 is 0. The van der Waals surface area contributed by atoms with Crippen LogP contribution in [0.15, 0.2) is 166 Å². The Morgan fingerprint density at radius 1 is 0.451 bits per heavy atom. The van der Waals surface area contributed by atoms with E-state index in [0.717, 1.165) is 49.0 Å². The van der Waals surface area contributed by atoms with Gasteiger partial charge in [-0.25, -0.2) is 15.0 Å². The van der Waals surface area contributed by atoms with Gasteiger partial charge in [-0.3, -0.25) is 0 Å². The molecule has 0 N–H and O–H groups in total. The van der Waals surface area contributed by atoms with Crippen molar-refractivity contribution in [1.29, 1.82) is 0 Å². The molecule has 238 valence electrons. The number of rotatable bonds is 4. The highest BCUT2D eigenvalue weighted by atomic mass is 16.3. The second-order valence-electron chi connectivity index (χ2n) is 12.4. The summed E-state index contributed by atoms with van der Waals surface area (Å²) in [6.07, 6.45) is 0. The first-order chi connectivity index (χ1) is 27.4. The zero-order valence-electron chi connectivity index (χ0n) is 31.7. The van der Waals surface area contributed by atoms with Crippen LogP contribution in [0.1, 0.15) is 6.85 Å². The topological polar surface area (TPSA) is 69.9 Å². The number of para-hydroxylation sites is 5. The molecule has 4 aromatic heterocycles. The van der Waals surface area contributed by atoms with E-state index in [1.165, 1.54) is 0 Å².